The highest BCUT2D eigenvalue weighted by Gasteiger charge is 2.14. The number of rotatable bonds is 3. The van der Waals surface area contributed by atoms with Gasteiger partial charge in [-0.1, -0.05) is 11.6 Å². The lowest BCUT2D eigenvalue weighted by Gasteiger charge is -2.19. The van der Waals surface area contributed by atoms with E-state index in [4.69, 9.17) is 26.2 Å². The van der Waals surface area contributed by atoms with Gasteiger partial charge in [-0.25, -0.2) is 0 Å². The van der Waals surface area contributed by atoms with Gasteiger partial charge in [0.15, 0.2) is 6.79 Å². The maximum Gasteiger partial charge on any atom is 0.303 e. The molecule has 0 bridgehead atoms. The highest BCUT2D eigenvalue weighted by atomic mass is 35.5. The van der Waals surface area contributed by atoms with Crippen LogP contribution in [0.25, 0.3) is 0 Å². The number of carboxylic acids is 1. The van der Waals surface area contributed by atoms with Gasteiger partial charge in [0, 0.05) is 17.0 Å². The number of aryl methyl sites for hydroxylation is 1. The Bertz CT molecular complexity index is 417. The van der Waals surface area contributed by atoms with E-state index >= 15 is 0 Å². The van der Waals surface area contributed by atoms with Crippen molar-refractivity contribution in [2.75, 3.05) is 6.79 Å². The molecule has 1 aromatic carbocycles. The van der Waals surface area contributed by atoms with Crippen LogP contribution in [0.3, 0.4) is 0 Å². The van der Waals surface area contributed by atoms with Gasteiger partial charge in [-0.05, 0) is 24.1 Å². The molecule has 1 N–H and O–H groups in total. The number of hydrogen-bond acceptors (Lipinski definition) is 3. The number of halogens is 1. The number of carboxylic acid groups (broad SMARTS) is 1. The molecule has 86 valence electrons. The van der Waals surface area contributed by atoms with E-state index in [0.717, 1.165) is 16.9 Å². The first-order valence-corrected chi connectivity index (χ1v) is 5.28. The first kappa shape index (κ1) is 11.2. The number of ether oxygens (including phenoxy) is 2. The quantitative estimate of drug-likeness (QED) is 0.883. The normalized spacial score (nSPS) is 14.1. The smallest absolute Gasteiger partial charge is 0.303 e. The molecule has 0 saturated carbocycles. The topological polar surface area (TPSA) is 55.8 Å². The van der Waals surface area contributed by atoms with Gasteiger partial charge in [-0.2, -0.15) is 0 Å². The third kappa shape index (κ3) is 2.46. The SMILES string of the molecule is O=C(O)CCc1cc2c(cc1Cl)COCO2. The molecule has 4 nitrogen and oxygen atoms in total. The first-order valence-electron chi connectivity index (χ1n) is 4.90. The average Bonchev–Trinajstić information content (AvgIpc) is 2.26. The second kappa shape index (κ2) is 4.72. The van der Waals surface area contributed by atoms with Crippen LogP contribution in [-0.4, -0.2) is 17.9 Å². The van der Waals surface area contributed by atoms with Crippen LogP contribution < -0.4 is 4.74 Å². The summed E-state index contributed by atoms with van der Waals surface area (Å²) < 4.78 is 10.4. The van der Waals surface area contributed by atoms with Crippen molar-refractivity contribution in [2.24, 2.45) is 0 Å². The fraction of sp³-hybridized carbons (Fsp3) is 0.364. The molecule has 0 spiro atoms. The molecule has 16 heavy (non-hydrogen) atoms. The van der Waals surface area contributed by atoms with Crippen LogP contribution in [0.1, 0.15) is 17.5 Å². The highest BCUT2D eigenvalue weighted by molar-refractivity contribution is 6.31. The van der Waals surface area contributed by atoms with E-state index in [2.05, 4.69) is 0 Å². The fourth-order valence-electron chi connectivity index (χ4n) is 1.57. The van der Waals surface area contributed by atoms with E-state index in [1.807, 2.05) is 0 Å². The van der Waals surface area contributed by atoms with Gasteiger partial charge in [0.05, 0.1) is 6.61 Å². The highest BCUT2D eigenvalue weighted by Crippen LogP contribution is 2.30. The second-order valence-electron chi connectivity index (χ2n) is 3.56. The molecule has 0 atom stereocenters. The lowest BCUT2D eigenvalue weighted by Crippen LogP contribution is -2.12. The molecule has 0 amide bonds. The summed E-state index contributed by atoms with van der Waals surface area (Å²) in [6, 6.07) is 3.57. The summed E-state index contributed by atoms with van der Waals surface area (Å²) in [5, 5.41) is 9.17. The number of hydrogen-bond donors (Lipinski definition) is 1. The summed E-state index contributed by atoms with van der Waals surface area (Å²) in [5.41, 5.74) is 1.69. The molecule has 0 unspecified atom stereocenters. The third-order valence-corrected chi connectivity index (χ3v) is 2.74. The predicted octanol–water partition coefficient (Wildman–Crippen LogP) is 2.22. The van der Waals surface area contributed by atoms with Crippen molar-refractivity contribution in [3.63, 3.8) is 0 Å². The summed E-state index contributed by atoms with van der Waals surface area (Å²) in [6.45, 7) is 0.710. The average molecular weight is 243 g/mol. The van der Waals surface area contributed by atoms with Crippen molar-refractivity contribution in [1.29, 1.82) is 0 Å². The largest absolute Gasteiger partial charge is 0.481 e. The minimum Gasteiger partial charge on any atom is -0.481 e. The molecule has 0 aliphatic carbocycles. The minimum atomic E-state index is -0.835. The molecule has 0 fully saturated rings. The molecule has 0 aromatic heterocycles. The molecular formula is C11H11ClO4. The van der Waals surface area contributed by atoms with Gasteiger partial charge >= 0.3 is 5.97 Å². The standard InChI is InChI=1S/C11H11ClO4/c12-9-3-8-5-15-6-16-10(8)4-7(9)1-2-11(13)14/h3-4H,1-2,5-6H2,(H,13,14). The third-order valence-electron chi connectivity index (χ3n) is 2.39. The molecule has 1 aliphatic rings. The van der Waals surface area contributed by atoms with Crippen LogP contribution >= 0.6 is 11.6 Å². The van der Waals surface area contributed by atoms with Crippen molar-refractivity contribution < 1.29 is 19.4 Å². The van der Waals surface area contributed by atoms with Gasteiger partial charge in [-0.15, -0.1) is 0 Å². The van der Waals surface area contributed by atoms with Crippen LogP contribution in [0.15, 0.2) is 12.1 Å². The van der Waals surface area contributed by atoms with Crippen LogP contribution in [0.4, 0.5) is 0 Å². The molecule has 0 saturated heterocycles. The number of fused-ring (bicyclic) bond motifs is 1. The molecule has 0 radical (unpaired) electrons. The van der Waals surface area contributed by atoms with Gasteiger partial charge in [0.2, 0.25) is 0 Å². The predicted molar refractivity (Wildman–Crippen MR) is 57.7 cm³/mol. The lowest BCUT2D eigenvalue weighted by molar-refractivity contribution is -0.136. The molecule has 1 heterocycles. The molecule has 2 rings (SSSR count). The summed E-state index contributed by atoms with van der Waals surface area (Å²) in [6.07, 6.45) is 0.473. The van der Waals surface area contributed by atoms with Crippen molar-refractivity contribution in [1.82, 2.24) is 0 Å². The van der Waals surface area contributed by atoms with Crippen LogP contribution in [0.5, 0.6) is 5.75 Å². The number of benzene rings is 1. The Morgan fingerprint density at radius 1 is 1.50 bits per heavy atom. The Hall–Kier alpha value is -1.26. The van der Waals surface area contributed by atoms with Gasteiger partial charge in [0.1, 0.15) is 5.75 Å². The summed E-state index contributed by atoms with van der Waals surface area (Å²) in [7, 11) is 0. The van der Waals surface area contributed by atoms with Crippen LogP contribution in [0.2, 0.25) is 5.02 Å². The van der Waals surface area contributed by atoms with Gasteiger partial charge in [0.25, 0.3) is 0 Å². The monoisotopic (exact) mass is 242 g/mol. The molecule has 1 aromatic rings. The Labute approximate surface area is 97.7 Å². The Balaban J connectivity index is 2.21. The van der Waals surface area contributed by atoms with Gasteiger partial charge in [-0.3, -0.25) is 4.79 Å². The van der Waals surface area contributed by atoms with E-state index in [1.54, 1.807) is 12.1 Å². The van der Waals surface area contributed by atoms with E-state index in [-0.39, 0.29) is 13.2 Å². The van der Waals surface area contributed by atoms with E-state index in [9.17, 15) is 4.79 Å². The van der Waals surface area contributed by atoms with Gasteiger partial charge < -0.3 is 14.6 Å². The Morgan fingerprint density at radius 3 is 3.06 bits per heavy atom. The summed E-state index contributed by atoms with van der Waals surface area (Å²) in [4.78, 5) is 10.5. The molecule has 5 heteroatoms. The van der Waals surface area contributed by atoms with Crippen LogP contribution in [-0.2, 0) is 22.6 Å². The summed E-state index contributed by atoms with van der Waals surface area (Å²) in [5.74, 6) is -0.103. The number of aliphatic carboxylic acids is 1. The maximum absolute atomic E-state index is 10.5. The van der Waals surface area contributed by atoms with E-state index < -0.39 is 5.97 Å². The fourth-order valence-corrected chi connectivity index (χ4v) is 1.85. The summed E-state index contributed by atoms with van der Waals surface area (Å²) >= 11 is 6.04. The zero-order valence-corrected chi connectivity index (χ0v) is 9.29. The Morgan fingerprint density at radius 2 is 2.31 bits per heavy atom. The molecule has 1 aliphatic heterocycles. The van der Waals surface area contributed by atoms with Crippen molar-refractivity contribution >= 4 is 17.6 Å². The van der Waals surface area contributed by atoms with Crippen molar-refractivity contribution in [2.45, 2.75) is 19.4 Å². The van der Waals surface area contributed by atoms with E-state index in [0.29, 0.717) is 18.1 Å². The lowest BCUT2D eigenvalue weighted by atomic mass is 10.1. The number of carbonyl (C=O) groups is 1. The zero-order chi connectivity index (χ0) is 11.5. The maximum atomic E-state index is 10.5. The molecular weight excluding hydrogens is 232 g/mol. The zero-order valence-electron chi connectivity index (χ0n) is 8.53. The Kier molecular flexibility index (Phi) is 3.31. The van der Waals surface area contributed by atoms with E-state index in [1.165, 1.54) is 0 Å². The first-order chi connectivity index (χ1) is 7.66. The second-order valence-corrected chi connectivity index (χ2v) is 3.96. The van der Waals surface area contributed by atoms with Crippen molar-refractivity contribution in [3.05, 3.63) is 28.3 Å². The van der Waals surface area contributed by atoms with Crippen LogP contribution in [0, 0.1) is 0 Å². The van der Waals surface area contributed by atoms with Crippen molar-refractivity contribution in [3.8, 4) is 5.75 Å². The minimum absolute atomic E-state index is 0.0645.